The maximum atomic E-state index is 11.9. The highest BCUT2D eigenvalue weighted by atomic mass is 35.5. The number of carbonyl (C=O) groups excluding carboxylic acids is 1. The Morgan fingerprint density at radius 3 is 2.19 bits per heavy atom. The van der Waals surface area contributed by atoms with Gasteiger partial charge >= 0.3 is 0 Å². The number of hydrogen-bond donors (Lipinski definition) is 1. The van der Waals surface area contributed by atoms with Gasteiger partial charge in [0.25, 0.3) is 0 Å². The summed E-state index contributed by atoms with van der Waals surface area (Å²) in [6.45, 7) is 0.558. The molecule has 0 saturated carbocycles. The van der Waals surface area contributed by atoms with Crippen LogP contribution in [0.5, 0.6) is 0 Å². The van der Waals surface area contributed by atoms with Crippen LogP contribution in [0, 0.1) is 0 Å². The zero-order chi connectivity index (χ0) is 15.2. The third-order valence-corrected chi connectivity index (χ3v) is 4.01. The van der Waals surface area contributed by atoms with Gasteiger partial charge in [0, 0.05) is 21.6 Å². The first-order chi connectivity index (χ1) is 10.1. The number of rotatable bonds is 5. The molecule has 2 aromatic rings. The fourth-order valence-corrected chi connectivity index (χ4v) is 2.58. The molecule has 0 heterocycles. The summed E-state index contributed by atoms with van der Waals surface area (Å²) >= 11 is 17.9. The summed E-state index contributed by atoms with van der Waals surface area (Å²) in [5.74, 6) is -0.0982. The van der Waals surface area contributed by atoms with Crippen molar-refractivity contribution in [1.82, 2.24) is 5.32 Å². The van der Waals surface area contributed by atoms with E-state index in [-0.39, 0.29) is 12.3 Å². The van der Waals surface area contributed by atoms with Gasteiger partial charge in [-0.05, 0) is 41.8 Å². The van der Waals surface area contributed by atoms with Crippen molar-refractivity contribution in [3.05, 3.63) is 68.7 Å². The van der Waals surface area contributed by atoms with E-state index in [4.69, 9.17) is 34.8 Å². The first-order valence-electron chi connectivity index (χ1n) is 6.50. The fourth-order valence-electron chi connectivity index (χ4n) is 1.92. The number of hydrogen-bond acceptors (Lipinski definition) is 1. The molecule has 2 nitrogen and oxygen atoms in total. The molecule has 0 bridgehead atoms. The van der Waals surface area contributed by atoms with Crippen LogP contribution < -0.4 is 5.32 Å². The van der Waals surface area contributed by atoms with Gasteiger partial charge in [0.2, 0.25) is 5.91 Å². The monoisotopic (exact) mass is 341 g/mol. The molecule has 0 aliphatic heterocycles. The fraction of sp³-hybridized carbons (Fsp3) is 0.188. The van der Waals surface area contributed by atoms with Crippen molar-refractivity contribution in [2.75, 3.05) is 6.54 Å². The highest BCUT2D eigenvalue weighted by molar-refractivity contribution is 6.36. The summed E-state index contributed by atoms with van der Waals surface area (Å²) < 4.78 is 0. The second kappa shape index (κ2) is 7.69. The molecular formula is C16H14Cl3NO. The Morgan fingerprint density at radius 2 is 1.57 bits per heavy atom. The predicted molar refractivity (Wildman–Crippen MR) is 88.3 cm³/mol. The van der Waals surface area contributed by atoms with Gasteiger partial charge in [-0.3, -0.25) is 4.79 Å². The minimum Gasteiger partial charge on any atom is -0.355 e. The van der Waals surface area contributed by atoms with Gasteiger partial charge in [0.1, 0.15) is 0 Å². The van der Waals surface area contributed by atoms with Crippen LogP contribution in [0.2, 0.25) is 15.1 Å². The molecule has 21 heavy (non-hydrogen) atoms. The average Bonchev–Trinajstić information content (AvgIpc) is 2.45. The zero-order valence-corrected chi connectivity index (χ0v) is 13.5. The molecule has 2 rings (SSSR count). The van der Waals surface area contributed by atoms with Crippen LogP contribution >= 0.6 is 34.8 Å². The van der Waals surface area contributed by atoms with Crippen LogP contribution in [0.15, 0.2) is 42.5 Å². The van der Waals surface area contributed by atoms with E-state index in [1.54, 1.807) is 18.2 Å². The number of carbonyl (C=O) groups is 1. The van der Waals surface area contributed by atoms with Crippen molar-refractivity contribution in [3.8, 4) is 0 Å². The quantitative estimate of drug-likeness (QED) is 0.848. The summed E-state index contributed by atoms with van der Waals surface area (Å²) in [6.07, 6.45) is 0.929. The number of nitrogens with one attached hydrogen (secondary N) is 1. The lowest BCUT2D eigenvalue weighted by molar-refractivity contribution is -0.120. The van der Waals surface area contributed by atoms with Gasteiger partial charge in [0.05, 0.1) is 6.42 Å². The maximum absolute atomic E-state index is 11.9. The Balaban J connectivity index is 1.84. The maximum Gasteiger partial charge on any atom is 0.224 e. The second-order valence-corrected chi connectivity index (χ2v) is 5.85. The normalized spacial score (nSPS) is 10.4. The molecule has 0 aliphatic carbocycles. The van der Waals surface area contributed by atoms with E-state index in [2.05, 4.69) is 5.32 Å². The first kappa shape index (κ1) is 16.2. The van der Waals surface area contributed by atoms with E-state index >= 15 is 0 Å². The van der Waals surface area contributed by atoms with Crippen LogP contribution in [0.4, 0.5) is 0 Å². The number of benzene rings is 2. The minimum absolute atomic E-state index is 0.0982. The lowest BCUT2D eigenvalue weighted by Crippen LogP contribution is -2.27. The van der Waals surface area contributed by atoms with E-state index < -0.39 is 0 Å². The molecule has 110 valence electrons. The van der Waals surface area contributed by atoms with E-state index in [1.807, 2.05) is 24.3 Å². The van der Waals surface area contributed by atoms with Crippen LogP contribution in [0.1, 0.15) is 11.1 Å². The van der Waals surface area contributed by atoms with Crippen molar-refractivity contribution in [2.24, 2.45) is 0 Å². The zero-order valence-electron chi connectivity index (χ0n) is 11.2. The summed E-state index contributed by atoms with van der Waals surface area (Å²) in [5.41, 5.74) is 1.78. The van der Waals surface area contributed by atoms with Gasteiger partial charge in [-0.1, -0.05) is 53.0 Å². The predicted octanol–water partition coefficient (Wildman–Crippen LogP) is 4.55. The van der Waals surface area contributed by atoms with Gasteiger partial charge in [-0.25, -0.2) is 0 Å². The number of halogens is 3. The van der Waals surface area contributed by atoms with Gasteiger partial charge in [0.15, 0.2) is 0 Å². The van der Waals surface area contributed by atoms with Crippen molar-refractivity contribution in [2.45, 2.75) is 12.8 Å². The Morgan fingerprint density at radius 1 is 0.952 bits per heavy atom. The van der Waals surface area contributed by atoms with E-state index in [1.165, 1.54) is 0 Å². The second-order valence-electron chi connectivity index (χ2n) is 4.60. The standard InChI is InChI=1S/C16H14Cl3NO/c17-12-6-4-11(5-7-12)8-9-20-16(21)10-13-14(18)2-1-3-15(13)19/h1-7H,8-10H2,(H,20,21). The molecule has 0 fully saturated rings. The van der Waals surface area contributed by atoms with Crippen molar-refractivity contribution >= 4 is 40.7 Å². The van der Waals surface area contributed by atoms with Crippen LogP contribution in [-0.4, -0.2) is 12.5 Å². The highest BCUT2D eigenvalue weighted by Crippen LogP contribution is 2.24. The van der Waals surface area contributed by atoms with E-state index in [9.17, 15) is 4.79 Å². The van der Waals surface area contributed by atoms with Gasteiger partial charge in [-0.2, -0.15) is 0 Å². The van der Waals surface area contributed by atoms with Gasteiger partial charge in [-0.15, -0.1) is 0 Å². The van der Waals surface area contributed by atoms with Crippen LogP contribution in [-0.2, 0) is 17.6 Å². The molecular weight excluding hydrogens is 329 g/mol. The Kier molecular flexibility index (Phi) is 5.92. The topological polar surface area (TPSA) is 29.1 Å². The molecule has 5 heteroatoms. The van der Waals surface area contributed by atoms with E-state index in [0.717, 1.165) is 12.0 Å². The van der Waals surface area contributed by atoms with Crippen molar-refractivity contribution < 1.29 is 4.79 Å². The molecule has 1 N–H and O–H groups in total. The molecule has 0 saturated heterocycles. The Hall–Kier alpha value is -1.22. The third-order valence-electron chi connectivity index (χ3n) is 3.05. The lowest BCUT2D eigenvalue weighted by Gasteiger charge is -2.08. The highest BCUT2D eigenvalue weighted by Gasteiger charge is 2.10. The SMILES string of the molecule is O=C(Cc1c(Cl)cccc1Cl)NCCc1ccc(Cl)cc1. The first-order valence-corrected chi connectivity index (χ1v) is 7.63. The molecule has 0 radical (unpaired) electrons. The van der Waals surface area contributed by atoms with Crippen molar-refractivity contribution in [1.29, 1.82) is 0 Å². The summed E-state index contributed by atoms with van der Waals surface area (Å²) in [6, 6.07) is 12.8. The number of amides is 1. The molecule has 1 amide bonds. The van der Waals surface area contributed by atoms with Crippen LogP contribution in [0.3, 0.4) is 0 Å². The van der Waals surface area contributed by atoms with E-state index in [0.29, 0.717) is 27.2 Å². The average molecular weight is 343 g/mol. The molecule has 0 aromatic heterocycles. The van der Waals surface area contributed by atoms with Crippen LogP contribution in [0.25, 0.3) is 0 Å². The molecule has 0 aliphatic rings. The summed E-state index contributed by atoms with van der Waals surface area (Å²) in [4.78, 5) is 11.9. The Bertz CT molecular complexity index is 606. The third kappa shape index (κ3) is 4.92. The van der Waals surface area contributed by atoms with Gasteiger partial charge < -0.3 is 5.32 Å². The molecule has 0 atom stereocenters. The summed E-state index contributed by atoms with van der Waals surface area (Å²) in [5, 5.41) is 4.58. The minimum atomic E-state index is -0.0982. The molecule has 0 spiro atoms. The summed E-state index contributed by atoms with van der Waals surface area (Å²) in [7, 11) is 0. The molecule has 2 aromatic carbocycles. The largest absolute Gasteiger partial charge is 0.355 e. The smallest absolute Gasteiger partial charge is 0.224 e. The van der Waals surface area contributed by atoms with Crippen molar-refractivity contribution in [3.63, 3.8) is 0 Å². The molecule has 0 unspecified atom stereocenters. The lowest BCUT2D eigenvalue weighted by atomic mass is 10.1. The Labute approximate surface area is 139 Å².